The van der Waals surface area contributed by atoms with E-state index in [1.54, 1.807) is 6.20 Å². The Labute approximate surface area is 108 Å². The van der Waals surface area contributed by atoms with Gasteiger partial charge in [-0.2, -0.15) is 5.10 Å². The number of aromatic nitrogens is 4. The van der Waals surface area contributed by atoms with Crippen LogP contribution in [0.5, 0.6) is 0 Å². The molecule has 1 aliphatic rings. The van der Waals surface area contributed by atoms with Crippen LogP contribution in [0.1, 0.15) is 18.9 Å². The summed E-state index contributed by atoms with van der Waals surface area (Å²) >= 11 is 0. The van der Waals surface area contributed by atoms with Gasteiger partial charge in [0.05, 0.1) is 17.2 Å². The second-order valence-corrected chi connectivity index (χ2v) is 4.96. The number of fused-ring (bicyclic) bond motifs is 1. The lowest BCUT2D eigenvalue weighted by Gasteiger charge is -2.02. The molecule has 0 saturated heterocycles. The van der Waals surface area contributed by atoms with Crippen LogP contribution in [0, 0.1) is 0 Å². The lowest BCUT2D eigenvalue weighted by molar-refractivity contribution is 0.733. The third kappa shape index (κ3) is 1.49. The molecule has 2 aromatic heterocycles. The molecule has 96 valence electrons. The topological polar surface area (TPSA) is 92.5 Å². The SMILES string of the molecule is Nc1[nH]ncc1-c1ccc2c(c1)[nH]c(=O)n2C1CC1. The zero-order valence-electron chi connectivity index (χ0n) is 10.2. The minimum atomic E-state index is -0.0326. The molecule has 19 heavy (non-hydrogen) atoms. The van der Waals surface area contributed by atoms with Crippen molar-refractivity contribution < 1.29 is 0 Å². The molecule has 0 atom stereocenters. The van der Waals surface area contributed by atoms with Crippen molar-refractivity contribution in [3.63, 3.8) is 0 Å². The van der Waals surface area contributed by atoms with E-state index in [0.29, 0.717) is 11.9 Å². The molecule has 0 radical (unpaired) electrons. The van der Waals surface area contributed by atoms with E-state index in [2.05, 4.69) is 15.2 Å². The number of nitrogens with zero attached hydrogens (tertiary/aromatic N) is 2. The maximum absolute atomic E-state index is 11.9. The van der Waals surface area contributed by atoms with Crippen LogP contribution in [0.25, 0.3) is 22.2 Å². The molecule has 1 aliphatic carbocycles. The number of nitrogen functional groups attached to an aromatic ring is 1. The molecule has 2 heterocycles. The van der Waals surface area contributed by atoms with E-state index in [0.717, 1.165) is 35.0 Å². The first-order valence-corrected chi connectivity index (χ1v) is 6.27. The van der Waals surface area contributed by atoms with Crippen LogP contribution in [0.2, 0.25) is 0 Å². The maximum Gasteiger partial charge on any atom is 0.326 e. The molecule has 3 aromatic rings. The van der Waals surface area contributed by atoms with Gasteiger partial charge in [0.25, 0.3) is 0 Å². The predicted octanol–water partition coefficient (Wildman–Crippen LogP) is 1.64. The average molecular weight is 255 g/mol. The fourth-order valence-electron chi connectivity index (χ4n) is 2.52. The van der Waals surface area contributed by atoms with Crippen molar-refractivity contribution in [3.8, 4) is 11.1 Å². The van der Waals surface area contributed by atoms with Gasteiger partial charge in [-0.05, 0) is 30.5 Å². The lowest BCUT2D eigenvalue weighted by atomic mass is 10.1. The van der Waals surface area contributed by atoms with E-state index in [4.69, 9.17) is 5.73 Å². The standard InChI is InChI=1S/C13H13N5O/c14-12-9(6-15-17-12)7-1-4-11-10(5-7)16-13(19)18(11)8-2-3-8/h1,4-6,8H,2-3H2,(H,16,19)(H3,14,15,17). The molecule has 0 spiro atoms. The number of imidazole rings is 1. The zero-order valence-corrected chi connectivity index (χ0v) is 10.2. The smallest absolute Gasteiger partial charge is 0.326 e. The van der Waals surface area contributed by atoms with Gasteiger partial charge in [-0.3, -0.25) is 9.67 Å². The van der Waals surface area contributed by atoms with E-state index >= 15 is 0 Å². The highest BCUT2D eigenvalue weighted by atomic mass is 16.1. The summed E-state index contributed by atoms with van der Waals surface area (Å²) in [4.78, 5) is 14.9. The molecule has 4 N–H and O–H groups in total. The Hall–Kier alpha value is -2.50. The molecular weight excluding hydrogens is 242 g/mol. The number of aromatic amines is 2. The van der Waals surface area contributed by atoms with Crippen molar-refractivity contribution in [1.29, 1.82) is 0 Å². The molecule has 6 nitrogen and oxygen atoms in total. The summed E-state index contributed by atoms with van der Waals surface area (Å²) in [6.07, 6.45) is 3.86. The van der Waals surface area contributed by atoms with E-state index in [9.17, 15) is 4.79 Å². The summed E-state index contributed by atoms with van der Waals surface area (Å²) in [6.45, 7) is 0. The van der Waals surface area contributed by atoms with Gasteiger partial charge in [0.1, 0.15) is 5.82 Å². The van der Waals surface area contributed by atoms with Crippen molar-refractivity contribution in [3.05, 3.63) is 34.9 Å². The number of H-pyrrole nitrogens is 2. The van der Waals surface area contributed by atoms with E-state index < -0.39 is 0 Å². The van der Waals surface area contributed by atoms with Crippen molar-refractivity contribution in [1.82, 2.24) is 19.7 Å². The number of anilines is 1. The molecule has 0 amide bonds. The Bertz CT molecular complexity index is 821. The summed E-state index contributed by atoms with van der Waals surface area (Å²) in [5.74, 6) is 0.531. The highest BCUT2D eigenvalue weighted by molar-refractivity contribution is 5.84. The van der Waals surface area contributed by atoms with Crippen LogP contribution < -0.4 is 11.4 Å². The molecule has 6 heteroatoms. The van der Waals surface area contributed by atoms with Gasteiger partial charge in [0, 0.05) is 11.6 Å². The number of nitrogens with two attached hydrogens (primary N) is 1. The second-order valence-electron chi connectivity index (χ2n) is 4.96. The van der Waals surface area contributed by atoms with Gasteiger partial charge in [0.15, 0.2) is 0 Å². The van der Waals surface area contributed by atoms with Gasteiger partial charge in [-0.15, -0.1) is 0 Å². The normalized spacial score (nSPS) is 15.2. The van der Waals surface area contributed by atoms with Gasteiger partial charge in [0.2, 0.25) is 0 Å². The molecule has 0 unspecified atom stereocenters. The van der Waals surface area contributed by atoms with Gasteiger partial charge >= 0.3 is 5.69 Å². The highest BCUT2D eigenvalue weighted by Gasteiger charge is 2.27. The van der Waals surface area contributed by atoms with Crippen molar-refractivity contribution >= 4 is 16.9 Å². The largest absolute Gasteiger partial charge is 0.384 e. The Kier molecular flexibility index (Phi) is 1.92. The first kappa shape index (κ1) is 10.4. The number of hydrogen-bond donors (Lipinski definition) is 3. The van der Waals surface area contributed by atoms with Crippen LogP contribution in [0.3, 0.4) is 0 Å². The Balaban J connectivity index is 1.93. The summed E-state index contributed by atoms with van der Waals surface area (Å²) in [5, 5.41) is 6.62. The summed E-state index contributed by atoms with van der Waals surface area (Å²) in [7, 11) is 0. The molecule has 0 bridgehead atoms. The van der Waals surface area contributed by atoms with Gasteiger partial charge < -0.3 is 10.7 Å². The maximum atomic E-state index is 11.9. The van der Waals surface area contributed by atoms with E-state index in [-0.39, 0.29) is 5.69 Å². The Morgan fingerprint density at radius 3 is 2.89 bits per heavy atom. The van der Waals surface area contributed by atoms with Crippen LogP contribution in [-0.4, -0.2) is 19.7 Å². The number of hydrogen-bond acceptors (Lipinski definition) is 3. The fourth-order valence-corrected chi connectivity index (χ4v) is 2.52. The number of rotatable bonds is 2. The van der Waals surface area contributed by atoms with Crippen LogP contribution in [0.4, 0.5) is 5.82 Å². The predicted molar refractivity (Wildman–Crippen MR) is 72.8 cm³/mol. The van der Waals surface area contributed by atoms with Crippen LogP contribution in [0.15, 0.2) is 29.2 Å². The third-order valence-corrected chi connectivity index (χ3v) is 3.61. The molecule has 1 fully saturated rings. The second kappa shape index (κ2) is 3.50. The summed E-state index contributed by atoms with van der Waals surface area (Å²) in [5.41, 5.74) is 9.38. The van der Waals surface area contributed by atoms with Crippen LogP contribution >= 0.6 is 0 Å². The lowest BCUT2D eigenvalue weighted by Crippen LogP contribution is -2.14. The minimum absolute atomic E-state index is 0.0326. The molecular formula is C13H13N5O. The summed E-state index contributed by atoms with van der Waals surface area (Å²) < 4.78 is 1.85. The first-order valence-electron chi connectivity index (χ1n) is 6.27. The minimum Gasteiger partial charge on any atom is -0.384 e. The number of benzene rings is 1. The molecule has 4 rings (SSSR count). The van der Waals surface area contributed by atoms with Crippen LogP contribution in [-0.2, 0) is 0 Å². The van der Waals surface area contributed by atoms with E-state index in [1.165, 1.54) is 0 Å². The Morgan fingerprint density at radius 1 is 1.37 bits per heavy atom. The molecule has 0 aliphatic heterocycles. The zero-order chi connectivity index (χ0) is 13.0. The quantitative estimate of drug-likeness (QED) is 0.649. The van der Waals surface area contributed by atoms with Crippen molar-refractivity contribution in [2.45, 2.75) is 18.9 Å². The highest BCUT2D eigenvalue weighted by Crippen LogP contribution is 2.36. The van der Waals surface area contributed by atoms with Crippen molar-refractivity contribution in [2.24, 2.45) is 0 Å². The third-order valence-electron chi connectivity index (χ3n) is 3.61. The molecule has 1 saturated carbocycles. The van der Waals surface area contributed by atoms with Crippen molar-refractivity contribution in [2.75, 3.05) is 5.73 Å². The number of nitrogens with one attached hydrogen (secondary N) is 2. The Morgan fingerprint density at radius 2 is 2.21 bits per heavy atom. The summed E-state index contributed by atoms with van der Waals surface area (Å²) in [6, 6.07) is 6.24. The molecule has 1 aromatic carbocycles. The first-order chi connectivity index (χ1) is 9.24. The van der Waals surface area contributed by atoms with E-state index in [1.807, 2.05) is 22.8 Å². The monoisotopic (exact) mass is 255 g/mol. The van der Waals surface area contributed by atoms with Gasteiger partial charge in [-0.1, -0.05) is 6.07 Å². The van der Waals surface area contributed by atoms with Gasteiger partial charge in [-0.25, -0.2) is 4.79 Å². The average Bonchev–Trinajstić information content (AvgIpc) is 3.04. The fraction of sp³-hybridized carbons (Fsp3) is 0.231.